The van der Waals surface area contributed by atoms with Crippen molar-refractivity contribution in [3.8, 4) is 0 Å². The Bertz CT molecular complexity index is 618. The average Bonchev–Trinajstić information content (AvgIpc) is 3.05. The van der Waals surface area contributed by atoms with Gasteiger partial charge in [0.2, 0.25) is 11.8 Å². The van der Waals surface area contributed by atoms with Crippen LogP contribution in [-0.2, 0) is 17.9 Å². The fourth-order valence-corrected chi connectivity index (χ4v) is 2.34. The fourth-order valence-electron chi connectivity index (χ4n) is 2.34. The van der Waals surface area contributed by atoms with E-state index in [1.165, 1.54) is 0 Å². The quantitative estimate of drug-likeness (QED) is 0.905. The van der Waals surface area contributed by atoms with E-state index in [9.17, 15) is 4.79 Å². The first-order chi connectivity index (χ1) is 9.63. The lowest BCUT2D eigenvalue weighted by Crippen LogP contribution is -2.45. The average molecular weight is 275 g/mol. The highest BCUT2D eigenvalue weighted by Gasteiger charge is 2.26. The van der Waals surface area contributed by atoms with Crippen LogP contribution in [0.2, 0.25) is 0 Å². The van der Waals surface area contributed by atoms with E-state index in [1.54, 1.807) is 12.3 Å². The van der Waals surface area contributed by atoms with E-state index >= 15 is 0 Å². The Labute approximate surface area is 116 Å². The van der Waals surface area contributed by atoms with Crippen LogP contribution in [0.1, 0.15) is 18.4 Å². The molecular weight excluding hydrogens is 258 g/mol. The molecule has 0 fully saturated rings. The molecule has 20 heavy (non-hydrogen) atoms. The molecule has 7 nitrogen and oxygen atoms in total. The van der Waals surface area contributed by atoms with Gasteiger partial charge < -0.3 is 9.09 Å². The number of fused-ring (bicyclic) bond motifs is 1. The molecule has 2 aromatic rings. The molecule has 0 aliphatic carbocycles. The molecule has 0 saturated carbocycles. The second kappa shape index (κ2) is 5.09. The molecule has 0 aromatic carbocycles. The van der Waals surface area contributed by atoms with E-state index in [2.05, 4.69) is 24.9 Å². The zero-order valence-electron chi connectivity index (χ0n) is 11.5. The smallest absolute Gasteiger partial charge is 0.243 e. The van der Waals surface area contributed by atoms with Crippen LogP contribution in [0.5, 0.6) is 0 Å². The molecule has 1 aliphatic heterocycles. The highest BCUT2D eigenvalue weighted by atomic mass is 16.5. The molecule has 1 unspecified atom stereocenters. The van der Waals surface area contributed by atoms with Gasteiger partial charge in [0.15, 0.2) is 0 Å². The van der Waals surface area contributed by atoms with Crippen LogP contribution in [0.4, 0.5) is 5.88 Å². The van der Waals surface area contributed by atoms with Crippen LogP contribution in [0.25, 0.3) is 0 Å². The second-order valence-corrected chi connectivity index (χ2v) is 5.01. The third-order valence-electron chi connectivity index (χ3n) is 3.58. The number of anilines is 1. The van der Waals surface area contributed by atoms with Crippen molar-refractivity contribution in [3.63, 3.8) is 0 Å². The molecule has 1 amide bonds. The van der Waals surface area contributed by atoms with Crippen LogP contribution >= 0.6 is 0 Å². The molecule has 0 bridgehead atoms. The number of carbonyl (C=O) groups excluding carboxylic acids is 1. The van der Waals surface area contributed by atoms with E-state index in [0.717, 1.165) is 24.6 Å². The maximum Gasteiger partial charge on any atom is 0.243 e. The van der Waals surface area contributed by atoms with Crippen molar-refractivity contribution in [2.24, 2.45) is 0 Å². The maximum atomic E-state index is 12.2. The molecule has 3 rings (SSSR count). The number of aryl methyl sites for hydroxylation is 1. The van der Waals surface area contributed by atoms with Crippen LogP contribution in [0, 0.1) is 6.92 Å². The van der Waals surface area contributed by atoms with Crippen LogP contribution in [0.15, 0.2) is 23.0 Å². The lowest BCUT2D eigenvalue weighted by Gasteiger charge is -2.31. The highest BCUT2D eigenvalue weighted by molar-refractivity contribution is 5.93. The number of nitrogens with one attached hydrogen (secondary N) is 1. The predicted octanol–water partition coefficient (Wildman–Crippen LogP) is 1.02. The number of carbonyl (C=O) groups is 1. The van der Waals surface area contributed by atoms with Gasteiger partial charge in [0.05, 0.1) is 18.3 Å². The summed E-state index contributed by atoms with van der Waals surface area (Å²) in [6.07, 6.45) is 3.76. The van der Waals surface area contributed by atoms with Crippen LogP contribution in [0.3, 0.4) is 0 Å². The Morgan fingerprint density at radius 3 is 3.10 bits per heavy atom. The molecule has 1 aliphatic rings. The Morgan fingerprint density at radius 1 is 1.50 bits per heavy atom. The first-order valence-corrected chi connectivity index (χ1v) is 6.62. The molecule has 1 N–H and O–H groups in total. The Balaban J connectivity index is 1.64. The minimum absolute atomic E-state index is 0.0962. The summed E-state index contributed by atoms with van der Waals surface area (Å²) < 4.78 is 7.11. The van der Waals surface area contributed by atoms with E-state index in [1.807, 2.05) is 20.0 Å². The summed E-state index contributed by atoms with van der Waals surface area (Å²) in [4.78, 5) is 18.6. The number of rotatable bonds is 3. The molecule has 0 spiro atoms. The van der Waals surface area contributed by atoms with Crippen molar-refractivity contribution in [2.75, 3.05) is 11.9 Å². The summed E-state index contributed by atoms with van der Waals surface area (Å²) in [5, 5.41) is 6.49. The predicted molar refractivity (Wildman–Crippen MR) is 72.0 cm³/mol. The molecule has 0 radical (unpaired) electrons. The number of hydrogen-bond acceptors (Lipinski definition) is 5. The van der Waals surface area contributed by atoms with Gasteiger partial charge in [-0.1, -0.05) is 5.16 Å². The van der Waals surface area contributed by atoms with Gasteiger partial charge in [0.25, 0.3) is 0 Å². The summed E-state index contributed by atoms with van der Waals surface area (Å²) in [5.74, 6) is 1.28. The van der Waals surface area contributed by atoms with Crippen LogP contribution in [-0.4, -0.2) is 38.1 Å². The number of nitrogens with zero attached hydrogens (tertiary/aromatic N) is 4. The van der Waals surface area contributed by atoms with Crippen molar-refractivity contribution < 1.29 is 9.32 Å². The third-order valence-corrected chi connectivity index (χ3v) is 3.58. The monoisotopic (exact) mass is 275 g/mol. The zero-order chi connectivity index (χ0) is 14.1. The molecular formula is C13H17N5O2. The van der Waals surface area contributed by atoms with Crippen molar-refractivity contribution >= 4 is 11.8 Å². The Kier molecular flexibility index (Phi) is 3.27. The molecule has 1 atom stereocenters. The summed E-state index contributed by atoms with van der Waals surface area (Å²) >= 11 is 0. The van der Waals surface area contributed by atoms with Crippen molar-refractivity contribution in [1.82, 2.24) is 19.6 Å². The molecule has 2 aromatic heterocycles. The van der Waals surface area contributed by atoms with E-state index in [-0.39, 0.29) is 11.9 Å². The van der Waals surface area contributed by atoms with Crippen molar-refractivity contribution in [3.05, 3.63) is 30.0 Å². The molecule has 3 heterocycles. The minimum atomic E-state index is -0.245. The third kappa shape index (κ3) is 2.44. The van der Waals surface area contributed by atoms with Crippen LogP contribution < -0.4 is 5.32 Å². The normalized spacial score (nSPS) is 16.7. The van der Waals surface area contributed by atoms with Gasteiger partial charge in [-0.05, 0) is 13.8 Å². The van der Waals surface area contributed by atoms with E-state index < -0.39 is 0 Å². The van der Waals surface area contributed by atoms with Gasteiger partial charge >= 0.3 is 0 Å². The van der Waals surface area contributed by atoms with Gasteiger partial charge in [-0.3, -0.25) is 15.0 Å². The second-order valence-electron chi connectivity index (χ2n) is 5.01. The van der Waals surface area contributed by atoms with E-state index in [0.29, 0.717) is 12.4 Å². The highest BCUT2D eigenvalue weighted by Crippen LogP contribution is 2.15. The molecule has 106 valence electrons. The van der Waals surface area contributed by atoms with E-state index in [4.69, 9.17) is 4.52 Å². The van der Waals surface area contributed by atoms with Gasteiger partial charge in [-0.15, -0.1) is 0 Å². The fraction of sp³-hybridized carbons (Fsp3) is 0.462. The zero-order valence-corrected chi connectivity index (χ0v) is 11.5. The summed E-state index contributed by atoms with van der Waals surface area (Å²) in [7, 11) is 0. The van der Waals surface area contributed by atoms with Gasteiger partial charge in [0, 0.05) is 31.5 Å². The van der Waals surface area contributed by atoms with Crippen molar-refractivity contribution in [2.45, 2.75) is 33.0 Å². The standard InChI is InChI=1S/C13H17N5O2/c1-9-7-12(20-16-9)15-13(19)10(2)18-6-5-17-4-3-14-11(17)8-18/h3-4,7,10H,5-6,8H2,1-2H3,(H,15,19). The molecule has 7 heteroatoms. The summed E-state index contributed by atoms with van der Waals surface area (Å²) in [6, 6.07) is 1.46. The number of hydrogen-bond donors (Lipinski definition) is 1. The van der Waals surface area contributed by atoms with Gasteiger partial charge in [-0.25, -0.2) is 4.98 Å². The lowest BCUT2D eigenvalue weighted by atomic mass is 10.2. The lowest BCUT2D eigenvalue weighted by molar-refractivity contribution is -0.121. The maximum absolute atomic E-state index is 12.2. The Morgan fingerprint density at radius 2 is 2.35 bits per heavy atom. The summed E-state index contributed by atoms with van der Waals surface area (Å²) in [6.45, 7) is 6.06. The first kappa shape index (κ1) is 12.9. The number of amides is 1. The summed E-state index contributed by atoms with van der Waals surface area (Å²) in [5.41, 5.74) is 0.743. The van der Waals surface area contributed by atoms with Gasteiger partial charge in [-0.2, -0.15) is 0 Å². The molecule has 0 saturated heterocycles. The largest absolute Gasteiger partial charge is 0.338 e. The topological polar surface area (TPSA) is 76.2 Å². The number of imidazole rings is 1. The van der Waals surface area contributed by atoms with Gasteiger partial charge in [0.1, 0.15) is 5.82 Å². The Hall–Kier alpha value is -2.15. The minimum Gasteiger partial charge on any atom is -0.338 e. The van der Waals surface area contributed by atoms with Crippen molar-refractivity contribution in [1.29, 1.82) is 0 Å². The SMILES string of the molecule is Cc1cc(NC(=O)C(C)N2CCn3ccnc3C2)on1. The first-order valence-electron chi connectivity index (χ1n) is 6.62. The number of aromatic nitrogens is 3.